The van der Waals surface area contributed by atoms with Crippen LogP contribution >= 0.6 is 11.6 Å². The molecule has 4 rings (SSSR count). The number of carbonyl (C=O) groups is 2. The number of aryl methyl sites for hydroxylation is 2. The summed E-state index contributed by atoms with van der Waals surface area (Å²) in [5.74, 6) is -0.0835. The van der Waals surface area contributed by atoms with E-state index in [2.05, 4.69) is 5.32 Å². The van der Waals surface area contributed by atoms with Crippen LogP contribution in [0, 0.1) is 13.8 Å². The fraction of sp³-hybridized carbons (Fsp3) is 0.120. The number of amides is 2. The van der Waals surface area contributed by atoms with Gasteiger partial charge in [-0.2, -0.15) is 0 Å². The van der Waals surface area contributed by atoms with Crippen molar-refractivity contribution in [3.05, 3.63) is 94.1 Å². The van der Waals surface area contributed by atoms with E-state index in [-0.39, 0.29) is 11.6 Å². The minimum absolute atomic E-state index is 0.221. The lowest BCUT2D eigenvalue weighted by atomic mass is 10.0. The highest BCUT2D eigenvalue weighted by Gasteiger charge is 2.40. The second kappa shape index (κ2) is 8.28. The lowest BCUT2D eigenvalue weighted by Crippen LogP contribution is -2.33. The number of rotatable bonds is 5. The summed E-state index contributed by atoms with van der Waals surface area (Å²) in [5, 5.41) is 3.70. The zero-order valence-electron chi connectivity index (χ0n) is 17.4. The number of benzene rings is 3. The molecule has 0 atom stereocenters. The molecule has 0 saturated carbocycles. The number of hydrogen-bond acceptors (Lipinski definition) is 4. The molecule has 1 N–H and O–H groups in total. The molecular weight excluding hydrogens is 412 g/mol. The Balaban J connectivity index is 1.82. The van der Waals surface area contributed by atoms with Crippen LogP contribution in [0.2, 0.25) is 5.02 Å². The van der Waals surface area contributed by atoms with Gasteiger partial charge >= 0.3 is 0 Å². The second-order valence-electron chi connectivity index (χ2n) is 7.35. The molecule has 0 aromatic heterocycles. The van der Waals surface area contributed by atoms with Crippen LogP contribution in [0.5, 0.6) is 5.75 Å². The summed E-state index contributed by atoms with van der Waals surface area (Å²) in [6, 6.07) is 19.8. The first-order chi connectivity index (χ1) is 14.9. The summed E-state index contributed by atoms with van der Waals surface area (Å²) in [6.07, 6.45) is 0. The molecule has 156 valence electrons. The maximum Gasteiger partial charge on any atom is 0.282 e. The van der Waals surface area contributed by atoms with Crippen molar-refractivity contribution in [2.24, 2.45) is 0 Å². The summed E-state index contributed by atoms with van der Waals surface area (Å²) in [6.45, 7) is 3.81. The van der Waals surface area contributed by atoms with E-state index in [4.69, 9.17) is 16.3 Å². The van der Waals surface area contributed by atoms with E-state index >= 15 is 0 Å². The van der Waals surface area contributed by atoms with Gasteiger partial charge in [-0.05, 0) is 73.0 Å². The molecule has 6 heteroatoms. The van der Waals surface area contributed by atoms with E-state index in [0.717, 1.165) is 11.1 Å². The minimum atomic E-state index is -0.403. The molecule has 31 heavy (non-hydrogen) atoms. The number of nitrogens with zero attached hydrogens (tertiary/aromatic N) is 1. The predicted octanol–water partition coefficient (Wildman–Crippen LogP) is 5.36. The molecule has 0 bridgehead atoms. The first-order valence-electron chi connectivity index (χ1n) is 9.76. The summed E-state index contributed by atoms with van der Waals surface area (Å²) in [4.78, 5) is 28.2. The van der Waals surface area contributed by atoms with Gasteiger partial charge in [0.25, 0.3) is 11.8 Å². The highest BCUT2D eigenvalue weighted by atomic mass is 35.5. The van der Waals surface area contributed by atoms with Gasteiger partial charge < -0.3 is 10.1 Å². The Hall–Kier alpha value is -3.57. The Morgan fingerprint density at radius 3 is 2.19 bits per heavy atom. The van der Waals surface area contributed by atoms with Gasteiger partial charge in [-0.15, -0.1) is 0 Å². The fourth-order valence-electron chi connectivity index (χ4n) is 3.53. The number of halogens is 1. The molecule has 5 nitrogen and oxygen atoms in total. The monoisotopic (exact) mass is 432 g/mol. The molecule has 0 unspecified atom stereocenters. The van der Waals surface area contributed by atoms with Crippen LogP contribution in [0.4, 0.5) is 11.4 Å². The van der Waals surface area contributed by atoms with Gasteiger partial charge in [-0.25, -0.2) is 4.90 Å². The van der Waals surface area contributed by atoms with Gasteiger partial charge in [0.1, 0.15) is 11.4 Å². The van der Waals surface area contributed by atoms with Crippen molar-refractivity contribution in [1.82, 2.24) is 0 Å². The molecule has 1 aliphatic heterocycles. The molecule has 0 aliphatic carbocycles. The molecule has 0 radical (unpaired) electrons. The van der Waals surface area contributed by atoms with Gasteiger partial charge in [-0.1, -0.05) is 35.9 Å². The lowest BCUT2D eigenvalue weighted by molar-refractivity contribution is -0.120. The molecule has 0 saturated heterocycles. The van der Waals surface area contributed by atoms with E-state index in [9.17, 15) is 9.59 Å². The van der Waals surface area contributed by atoms with E-state index in [0.29, 0.717) is 33.3 Å². The number of methoxy groups -OCH3 is 1. The van der Waals surface area contributed by atoms with Gasteiger partial charge in [-0.3, -0.25) is 9.59 Å². The third-order valence-electron chi connectivity index (χ3n) is 5.18. The first kappa shape index (κ1) is 20.7. The third-order valence-corrected chi connectivity index (χ3v) is 5.43. The number of ether oxygens (including phenoxy) is 1. The van der Waals surface area contributed by atoms with E-state index in [1.807, 2.05) is 32.0 Å². The predicted molar refractivity (Wildman–Crippen MR) is 123 cm³/mol. The number of imide groups is 1. The summed E-state index contributed by atoms with van der Waals surface area (Å²) in [7, 11) is 1.59. The molecule has 2 amide bonds. The van der Waals surface area contributed by atoms with E-state index < -0.39 is 5.91 Å². The Bertz CT molecular complexity index is 1200. The van der Waals surface area contributed by atoms with Crippen LogP contribution in [-0.2, 0) is 9.59 Å². The maximum absolute atomic E-state index is 13.5. The van der Waals surface area contributed by atoms with Crippen LogP contribution < -0.4 is 15.0 Å². The van der Waals surface area contributed by atoms with Crippen molar-refractivity contribution in [3.8, 4) is 5.75 Å². The Morgan fingerprint density at radius 1 is 0.871 bits per heavy atom. The average molecular weight is 433 g/mol. The maximum atomic E-state index is 13.5. The molecule has 1 aliphatic rings. The minimum Gasteiger partial charge on any atom is -0.497 e. The van der Waals surface area contributed by atoms with Crippen LogP contribution in [0.1, 0.15) is 16.7 Å². The zero-order valence-corrected chi connectivity index (χ0v) is 18.2. The molecule has 3 aromatic rings. The molecular formula is C25H21ClN2O3. The standard InChI is InChI=1S/C25H21ClN2O3/c1-15-4-5-16(2)21(14-15)28-24(29)22(17-6-8-18(26)9-7-17)23(25(28)30)27-19-10-12-20(31-3)13-11-19/h4-14,27H,1-3H3. The Labute approximate surface area is 185 Å². The highest BCUT2D eigenvalue weighted by Crippen LogP contribution is 2.36. The SMILES string of the molecule is COc1ccc(NC2=C(c3ccc(Cl)cc3)C(=O)N(c3cc(C)ccc3C)C2=O)cc1. The van der Waals surface area contributed by atoms with Crippen molar-refractivity contribution in [2.75, 3.05) is 17.3 Å². The normalized spacial score (nSPS) is 13.7. The Morgan fingerprint density at radius 2 is 1.55 bits per heavy atom. The molecule has 3 aromatic carbocycles. The van der Waals surface area contributed by atoms with Gasteiger partial charge in [0.2, 0.25) is 0 Å². The zero-order chi connectivity index (χ0) is 22.1. The van der Waals surface area contributed by atoms with Crippen molar-refractivity contribution in [1.29, 1.82) is 0 Å². The van der Waals surface area contributed by atoms with Crippen molar-refractivity contribution < 1.29 is 14.3 Å². The number of carbonyl (C=O) groups excluding carboxylic acids is 2. The van der Waals surface area contributed by atoms with Crippen LogP contribution in [0.15, 0.2) is 72.4 Å². The first-order valence-corrected chi connectivity index (χ1v) is 10.1. The van der Waals surface area contributed by atoms with E-state index in [1.54, 1.807) is 55.6 Å². The van der Waals surface area contributed by atoms with Crippen LogP contribution in [-0.4, -0.2) is 18.9 Å². The average Bonchev–Trinajstić information content (AvgIpc) is 3.00. The largest absolute Gasteiger partial charge is 0.497 e. The summed E-state index contributed by atoms with van der Waals surface area (Å²) < 4.78 is 5.20. The van der Waals surface area contributed by atoms with Gasteiger partial charge in [0.15, 0.2) is 0 Å². The molecule has 0 fully saturated rings. The lowest BCUT2D eigenvalue weighted by Gasteiger charge is -2.18. The van der Waals surface area contributed by atoms with Crippen LogP contribution in [0.3, 0.4) is 0 Å². The van der Waals surface area contributed by atoms with Crippen LogP contribution in [0.25, 0.3) is 5.57 Å². The second-order valence-corrected chi connectivity index (χ2v) is 7.78. The third kappa shape index (κ3) is 3.92. The number of nitrogens with one attached hydrogen (secondary N) is 1. The van der Waals surface area contributed by atoms with Gasteiger partial charge in [0.05, 0.1) is 18.4 Å². The Kier molecular flexibility index (Phi) is 5.53. The number of hydrogen-bond donors (Lipinski definition) is 1. The van der Waals surface area contributed by atoms with Crippen molar-refractivity contribution >= 4 is 40.4 Å². The van der Waals surface area contributed by atoms with E-state index in [1.165, 1.54) is 4.90 Å². The smallest absolute Gasteiger partial charge is 0.282 e. The van der Waals surface area contributed by atoms with Crippen molar-refractivity contribution in [2.45, 2.75) is 13.8 Å². The van der Waals surface area contributed by atoms with Gasteiger partial charge in [0, 0.05) is 10.7 Å². The topological polar surface area (TPSA) is 58.6 Å². The molecule has 1 heterocycles. The van der Waals surface area contributed by atoms with Crippen molar-refractivity contribution in [3.63, 3.8) is 0 Å². The summed E-state index contributed by atoms with van der Waals surface area (Å²) in [5.41, 5.74) is 4.20. The quantitative estimate of drug-likeness (QED) is 0.551. The molecule has 0 spiro atoms. The highest BCUT2D eigenvalue weighted by molar-refractivity contribution is 6.46. The summed E-state index contributed by atoms with van der Waals surface area (Å²) >= 11 is 6.04. The number of anilines is 2. The fourth-order valence-corrected chi connectivity index (χ4v) is 3.65.